The predicted octanol–water partition coefficient (Wildman–Crippen LogP) is 10.3. The maximum atomic E-state index is 14.4. The summed E-state index contributed by atoms with van der Waals surface area (Å²) in [5.41, 5.74) is 7.00. The van der Waals surface area contributed by atoms with Crippen molar-refractivity contribution in [2.75, 3.05) is 5.32 Å². The molecule has 1 aliphatic heterocycles. The van der Waals surface area contributed by atoms with Gasteiger partial charge in [0.25, 0.3) is 5.69 Å². The minimum atomic E-state index is -0.948. The van der Waals surface area contributed by atoms with Crippen LogP contribution in [0.2, 0.25) is 0 Å². The molecule has 1 amide bonds. The number of nitro benzene ring substituents is 1. The van der Waals surface area contributed by atoms with Gasteiger partial charge in [0.05, 0.1) is 34.9 Å². The fourth-order valence-electron chi connectivity index (χ4n) is 7.28. The minimum Gasteiger partial charge on any atom is -0.460 e. The van der Waals surface area contributed by atoms with Crippen molar-refractivity contribution in [2.24, 2.45) is 0 Å². The van der Waals surface area contributed by atoms with Crippen LogP contribution >= 0.6 is 0 Å². The van der Waals surface area contributed by atoms with Crippen LogP contribution in [0.1, 0.15) is 96.0 Å². The molecule has 1 fully saturated rings. The van der Waals surface area contributed by atoms with Crippen LogP contribution in [0.3, 0.4) is 0 Å². The molecule has 3 aromatic carbocycles. The van der Waals surface area contributed by atoms with E-state index < -0.39 is 28.5 Å². The van der Waals surface area contributed by atoms with Crippen LogP contribution < -0.4 is 10.1 Å². The van der Waals surface area contributed by atoms with Crippen molar-refractivity contribution in [1.82, 2.24) is 4.98 Å². The van der Waals surface area contributed by atoms with E-state index in [0.717, 1.165) is 57.6 Å². The fraction of sp³-hybridized carbons (Fsp3) is 0.386. The van der Waals surface area contributed by atoms with Gasteiger partial charge in [0.15, 0.2) is 5.79 Å². The molecule has 2 aliphatic rings. The molecule has 12 heteroatoms. The van der Waals surface area contributed by atoms with Gasteiger partial charge in [0.2, 0.25) is 0 Å². The highest BCUT2D eigenvalue weighted by molar-refractivity contribution is 5.90. The highest BCUT2D eigenvalue weighted by Crippen LogP contribution is 2.43. The van der Waals surface area contributed by atoms with Gasteiger partial charge in [-0.15, -0.1) is 0 Å². The number of carbonyl (C=O) groups excluding carboxylic acids is 2. The normalized spacial score (nSPS) is 17.8. The first-order valence-electron chi connectivity index (χ1n) is 18.9. The largest absolute Gasteiger partial charge is 0.460 e. The number of aryl methyl sites for hydroxylation is 1. The maximum Gasteiger partial charge on any atom is 0.417 e. The molecule has 0 saturated carbocycles. The third kappa shape index (κ3) is 9.85. The number of halogens is 1. The van der Waals surface area contributed by atoms with Crippen molar-refractivity contribution in [3.8, 4) is 28.1 Å². The van der Waals surface area contributed by atoms with E-state index in [2.05, 4.69) is 19.2 Å². The topological polar surface area (TPSA) is 139 Å². The molecule has 1 aliphatic carbocycles. The van der Waals surface area contributed by atoms with Crippen LogP contribution in [-0.4, -0.2) is 45.6 Å². The van der Waals surface area contributed by atoms with E-state index in [1.807, 2.05) is 65.0 Å². The lowest BCUT2D eigenvalue weighted by Crippen LogP contribution is -2.45. The number of anilines is 1. The van der Waals surface area contributed by atoms with E-state index >= 15 is 0 Å². The second-order valence-corrected chi connectivity index (χ2v) is 15.9. The van der Waals surface area contributed by atoms with Crippen molar-refractivity contribution in [2.45, 2.75) is 110 Å². The Morgan fingerprint density at radius 3 is 2.43 bits per heavy atom. The van der Waals surface area contributed by atoms with Crippen molar-refractivity contribution in [3.63, 3.8) is 0 Å². The summed E-state index contributed by atoms with van der Waals surface area (Å²) in [6.07, 6.45) is 5.33. The molecule has 1 N–H and O–H groups in total. The van der Waals surface area contributed by atoms with Crippen LogP contribution in [0, 0.1) is 15.9 Å². The molecule has 0 spiro atoms. The molecule has 11 nitrogen and oxygen atoms in total. The first-order chi connectivity index (χ1) is 26.4. The second kappa shape index (κ2) is 16.3. The Morgan fingerprint density at radius 1 is 1.05 bits per heavy atom. The summed E-state index contributed by atoms with van der Waals surface area (Å²) in [4.78, 5) is 41.6. The lowest BCUT2D eigenvalue weighted by atomic mass is 9.86. The van der Waals surface area contributed by atoms with Crippen LogP contribution in [0.5, 0.6) is 5.75 Å². The summed E-state index contributed by atoms with van der Waals surface area (Å²) < 4.78 is 37.8. The number of fused-ring (bicyclic) bond motifs is 3. The zero-order valence-electron chi connectivity index (χ0n) is 32.8. The van der Waals surface area contributed by atoms with Gasteiger partial charge in [0, 0.05) is 35.4 Å². The number of hydrogen-bond donors (Lipinski definition) is 1. The highest BCUT2D eigenvalue weighted by atomic mass is 19.1. The van der Waals surface area contributed by atoms with Gasteiger partial charge in [-0.1, -0.05) is 44.2 Å². The number of non-ortho nitro benzene ring substituents is 1. The van der Waals surface area contributed by atoms with Crippen molar-refractivity contribution < 1.29 is 37.9 Å². The van der Waals surface area contributed by atoms with Crippen molar-refractivity contribution in [3.05, 3.63) is 111 Å². The lowest BCUT2D eigenvalue weighted by molar-refractivity contribution is -0.384. The summed E-state index contributed by atoms with van der Waals surface area (Å²) in [5.74, 6) is -1.48. The number of amides is 1. The lowest BCUT2D eigenvalue weighted by Gasteiger charge is -2.40. The SMILES string of the molecule is CC(C)c1nc2c(c(-c3ccc(F)cc3)c1C=C[C@@H]1C[C@H](CC(=O)OC(C)(C)C)OC(C)(C)O1)CCCc1ccc(NC(=O)Oc3ccc([N+](=O)[O-])cc3)cc1-2. The summed E-state index contributed by atoms with van der Waals surface area (Å²) in [6, 6.07) is 17.4. The molecular formula is C44H48FN3O8. The molecule has 1 aromatic heterocycles. The van der Waals surface area contributed by atoms with Gasteiger partial charge >= 0.3 is 12.1 Å². The van der Waals surface area contributed by atoms with Gasteiger partial charge in [-0.25, -0.2) is 9.18 Å². The Bertz CT molecular complexity index is 2140. The number of esters is 1. The third-order valence-electron chi connectivity index (χ3n) is 9.46. The Kier molecular flexibility index (Phi) is 11.7. The maximum absolute atomic E-state index is 14.4. The molecule has 1 saturated heterocycles. The van der Waals surface area contributed by atoms with E-state index in [1.165, 1.54) is 36.4 Å². The van der Waals surface area contributed by atoms with Crippen molar-refractivity contribution >= 4 is 29.5 Å². The zero-order valence-corrected chi connectivity index (χ0v) is 32.8. The van der Waals surface area contributed by atoms with Crippen LogP contribution in [0.15, 0.2) is 72.8 Å². The predicted molar refractivity (Wildman–Crippen MR) is 212 cm³/mol. The number of benzene rings is 3. The summed E-state index contributed by atoms with van der Waals surface area (Å²) in [5, 5.41) is 13.8. The van der Waals surface area contributed by atoms with Gasteiger partial charge < -0.3 is 18.9 Å². The van der Waals surface area contributed by atoms with Gasteiger partial charge in [-0.2, -0.15) is 0 Å². The fourth-order valence-corrected chi connectivity index (χ4v) is 7.28. The standard InChI is InChI=1S/C44H48FN3O8/c1-26(2)40-36(22-21-33-24-34(55-44(6,7)54-33)25-38(49)56-43(3,4)5)39(28-11-14-29(45)15-12-28)35-10-8-9-27-13-16-30(23-37(27)41(35)47-40)46-42(50)53-32-19-17-31(18-20-32)48(51)52/h11-23,26,33-34H,8-10,24-25H2,1-7H3,(H,46,50)/t33-,34-/m1/s1. The number of ether oxygens (including phenoxy) is 4. The third-order valence-corrected chi connectivity index (χ3v) is 9.46. The summed E-state index contributed by atoms with van der Waals surface area (Å²) in [7, 11) is 0. The van der Waals surface area contributed by atoms with Crippen LogP contribution in [0.25, 0.3) is 28.5 Å². The average molecular weight is 766 g/mol. The average Bonchev–Trinajstić information content (AvgIpc) is 3.28. The van der Waals surface area contributed by atoms with E-state index in [4.69, 9.17) is 23.9 Å². The Hall–Kier alpha value is -5.46. The Morgan fingerprint density at radius 2 is 1.77 bits per heavy atom. The zero-order chi connectivity index (χ0) is 40.4. The van der Waals surface area contributed by atoms with Crippen molar-refractivity contribution in [1.29, 1.82) is 0 Å². The Balaban J connectivity index is 1.38. The molecule has 294 valence electrons. The monoisotopic (exact) mass is 765 g/mol. The number of nitro groups is 1. The van der Waals surface area contributed by atoms with Gasteiger partial charge in [0.1, 0.15) is 17.2 Å². The number of hydrogen-bond acceptors (Lipinski definition) is 9. The molecule has 0 radical (unpaired) electrons. The molecule has 0 bridgehead atoms. The van der Waals surface area contributed by atoms with E-state index in [-0.39, 0.29) is 41.7 Å². The molecular weight excluding hydrogens is 717 g/mol. The first kappa shape index (κ1) is 40.2. The van der Waals surface area contributed by atoms with E-state index in [9.17, 15) is 24.1 Å². The number of nitrogens with zero attached hydrogens (tertiary/aromatic N) is 2. The number of nitrogens with one attached hydrogen (secondary N) is 1. The smallest absolute Gasteiger partial charge is 0.417 e. The minimum absolute atomic E-state index is 0.0178. The van der Waals surface area contributed by atoms with Gasteiger partial charge in [-0.3, -0.25) is 25.2 Å². The molecule has 2 heterocycles. The number of rotatable bonds is 9. The Labute approximate surface area is 326 Å². The molecule has 56 heavy (non-hydrogen) atoms. The van der Waals surface area contributed by atoms with Crippen LogP contribution in [0.4, 0.5) is 20.6 Å². The summed E-state index contributed by atoms with van der Waals surface area (Å²) in [6.45, 7) is 13.3. The number of aromatic nitrogens is 1. The quantitative estimate of drug-likeness (QED) is 0.100. The molecule has 0 unspecified atom stereocenters. The molecule has 2 atom stereocenters. The number of pyridine rings is 1. The van der Waals surface area contributed by atoms with Gasteiger partial charge in [-0.05, 0) is 118 Å². The first-order valence-corrected chi connectivity index (χ1v) is 18.9. The van der Waals surface area contributed by atoms with Crippen LogP contribution in [-0.2, 0) is 31.8 Å². The summed E-state index contributed by atoms with van der Waals surface area (Å²) >= 11 is 0. The van der Waals surface area contributed by atoms with E-state index in [1.54, 1.807) is 12.1 Å². The van der Waals surface area contributed by atoms with E-state index in [0.29, 0.717) is 18.5 Å². The molecule has 6 rings (SSSR count). The number of carbonyl (C=O) groups is 2. The highest BCUT2D eigenvalue weighted by Gasteiger charge is 2.36. The second-order valence-electron chi connectivity index (χ2n) is 15.9. The molecule has 4 aromatic rings.